The molecule has 3 heterocycles. The summed E-state index contributed by atoms with van der Waals surface area (Å²) >= 11 is 3.13. The molecule has 128 valence electrons. The molecule has 5 aromatic rings. The Labute approximate surface area is 155 Å². The smallest absolute Gasteiger partial charge is 0.258 e. The Balaban J connectivity index is 1.54. The first kappa shape index (κ1) is 15.5. The van der Waals surface area contributed by atoms with E-state index in [4.69, 9.17) is 0 Å². The van der Waals surface area contributed by atoms with Crippen LogP contribution in [0.15, 0.2) is 52.4 Å². The van der Waals surface area contributed by atoms with Crippen molar-refractivity contribution in [1.29, 1.82) is 0 Å². The van der Waals surface area contributed by atoms with E-state index in [1.807, 2.05) is 31.2 Å². The monoisotopic (exact) mass is 379 g/mol. The molecule has 1 N–H and O–H groups in total. The molecule has 0 aliphatic rings. The molecule has 0 aliphatic heterocycles. The van der Waals surface area contributed by atoms with Crippen LogP contribution in [0.5, 0.6) is 0 Å². The molecule has 5 rings (SSSR count). The third kappa shape index (κ3) is 2.41. The van der Waals surface area contributed by atoms with Crippen LogP contribution in [-0.4, -0.2) is 24.6 Å². The van der Waals surface area contributed by atoms with E-state index in [2.05, 4.69) is 36.7 Å². The summed E-state index contributed by atoms with van der Waals surface area (Å²) in [5.41, 5.74) is 2.73. The predicted octanol–water partition coefficient (Wildman–Crippen LogP) is 3.78. The number of fused-ring (bicyclic) bond motifs is 4. The fourth-order valence-electron chi connectivity index (χ4n) is 3.00. The number of hydrogen-bond acceptors (Lipinski definition) is 6. The van der Waals surface area contributed by atoms with Crippen LogP contribution in [0.3, 0.4) is 0 Å². The van der Waals surface area contributed by atoms with Crippen LogP contribution in [0, 0.1) is 6.92 Å². The average molecular weight is 379 g/mol. The van der Waals surface area contributed by atoms with Gasteiger partial charge in [0.05, 0.1) is 26.9 Å². The van der Waals surface area contributed by atoms with E-state index in [-0.39, 0.29) is 5.56 Å². The van der Waals surface area contributed by atoms with Gasteiger partial charge in [-0.05, 0) is 30.7 Å². The van der Waals surface area contributed by atoms with Gasteiger partial charge in [-0.25, -0.2) is 4.98 Å². The summed E-state index contributed by atoms with van der Waals surface area (Å²) in [5, 5.41) is 9.97. The van der Waals surface area contributed by atoms with Crippen molar-refractivity contribution < 1.29 is 0 Å². The third-order valence-electron chi connectivity index (χ3n) is 4.24. The highest BCUT2D eigenvalue weighted by atomic mass is 32.2. The van der Waals surface area contributed by atoms with Gasteiger partial charge in [0.1, 0.15) is 5.82 Å². The van der Waals surface area contributed by atoms with Gasteiger partial charge in [-0.1, -0.05) is 47.4 Å². The lowest BCUT2D eigenvalue weighted by Crippen LogP contribution is -2.11. The minimum Gasteiger partial charge on any atom is -0.309 e. The van der Waals surface area contributed by atoms with Gasteiger partial charge in [0.25, 0.3) is 5.56 Å². The topological polar surface area (TPSA) is 75.9 Å². The molecule has 0 aliphatic carbocycles. The Morgan fingerprint density at radius 1 is 1.15 bits per heavy atom. The minimum absolute atomic E-state index is 0.110. The maximum Gasteiger partial charge on any atom is 0.258 e. The number of rotatable bonds is 3. The molecule has 0 saturated heterocycles. The van der Waals surface area contributed by atoms with Crippen LogP contribution in [0.25, 0.3) is 26.1 Å². The first-order valence-electron chi connectivity index (χ1n) is 8.05. The number of H-pyrrole nitrogens is 1. The number of benzene rings is 2. The first-order valence-corrected chi connectivity index (χ1v) is 9.85. The molecule has 0 bridgehead atoms. The van der Waals surface area contributed by atoms with E-state index < -0.39 is 0 Å². The number of nitrogens with zero attached hydrogens (tertiary/aromatic N) is 4. The highest BCUT2D eigenvalue weighted by Crippen LogP contribution is 2.30. The molecular formula is C18H13N5OS2. The fourth-order valence-corrected chi connectivity index (χ4v) is 4.84. The van der Waals surface area contributed by atoms with Crippen molar-refractivity contribution in [1.82, 2.24) is 24.6 Å². The van der Waals surface area contributed by atoms with Crippen molar-refractivity contribution in [3.05, 3.63) is 64.2 Å². The second kappa shape index (κ2) is 5.93. The summed E-state index contributed by atoms with van der Waals surface area (Å²) in [7, 11) is 0. The van der Waals surface area contributed by atoms with Crippen molar-refractivity contribution in [3.8, 4) is 0 Å². The summed E-state index contributed by atoms with van der Waals surface area (Å²) < 4.78 is 3.22. The summed E-state index contributed by atoms with van der Waals surface area (Å²) in [4.78, 5) is 20.7. The molecule has 3 aromatic heterocycles. The Kier molecular flexibility index (Phi) is 3.54. The molecule has 8 heteroatoms. The molecule has 0 radical (unpaired) electrons. The fraction of sp³-hybridized carbons (Fsp3) is 0.111. The number of aromatic nitrogens is 5. The maximum absolute atomic E-state index is 12.3. The first-order chi connectivity index (χ1) is 12.7. The van der Waals surface area contributed by atoms with Gasteiger partial charge in [-0.3, -0.25) is 9.20 Å². The van der Waals surface area contributed by atoms with Gasteiger partial charge < -0.3 is 4.98 Å². The van der Waals surface area contributed by atoms with E-state index in [1.165, 1.54) is 16.5 Å². The number of para-hydroxylation sites is 2. The van der Waals surface area contributed by atoms with Crippen molar-refractivity contribution in [2.45, 2.75) is 17.8 Å². The molecule has 6 nitrogen and oxygen atoms in total. The Morgan fingerprint density at radius 2 is 2.04 bits per heavy atom. The van der Waals surface area contributed by atoms with Gasteiger partial charge in [0.2, 0.25) is 4.96 Å². The van der Waals surface area contributed by atoms with Gasteiger partial charge in [-0.2, -0.15) is 0 Å². The zero-order valence-electron chi connectivity index (χ0n) is 13.8. The number of aryl methyl sites for hydroxylation is 1. The van der Waals surface area contributed by atoms with Crippen LogP contribution in [-0.2, 0) is 5.75 Å². The predicted molar refractivity (Wildman–Crippen MR) is 105 cm³/mol. The van der Waals surface area contributed by atoms with Crippen molar-refractivity contribution in [2.75, 3.05) is 0 Å². The molecule has 2 aromatic carbocycles. The molecule has 0 spiro atoms. The zero-order valence-corrected chi connectivity index (χ0v) is 15.4. The average Bonchev–Trinajstić information content (AvgIpc) is 3.20. The molecule has 0 unspecified atom stereocenters. The Hall–Kier alpha value is -2.71. The van der Waals surface area contributed by atoms with Crippen LogP contribution in [0.2, 0.25) is 0 Å². The Bertz CT molecular complexity index is 1330. The summed E-state index contributed by atoms with van der Waals surface area (Å²) in [5.74, 6) is 1.16. The number of nitrogens with one attached hydrogen (secondary N) is 1. The number of thioether (sulfide) groups is 1. The maximum atomic E-state index is 12.3. The normalized spacial score (nSPS) is 11.7. The standard InChI is InChI=1S/C18H13N5OS2/c1-10-5-4-6-11-15(10)19-14(20-16(11)24)9-25-17-21-22-18-23(17)12-7-2-3-8-13(12)26-18/h2-8H,9H2,1H3,(H,19,20,24). The zero-order chi connectivity index (χ0) is 17.7. The van der Waals surface area contributed by atoms with E-state index in [0.717, 1.165) is 26.7 Å². The van der Waals surface area contributed by atoms with Gasteiger partial charge >= 0.3 is 0 Å². The minimum atomic E-state index is -0.110. The number of thiazole rings is 1. The van der Waals surface area contributed by atoms with Crippen LogP contribution in [0.4, 0.5) is 0 Å². The lowest BCUT2D eigenvalue weighted by molar-refractivity contribution is 0.935. The van der Waals surface area contributed by atoms with Gasteiger partial charge in [0.15, 0.2) is 5.16 Å². The van der Waals surface area contributed by atoms with Gasteiger partial charge in [0, 0.05) is 0 Å². The SMILES string of the molecule is Cc1cccc2c(=O)[nH]c(CSc3nnc4sc5ccccc5n34)nc12. The number of aromatic amines is 1. The molecule has 0 atom stereocenters. The highest BCUT2D eigenvalue weighted by Gasteiger charge is 2.13. The summed E-state index contributed by atoms with van der Waals surface area (Å²) in [6.45, 7) is 1.96. The second-order valence-corrected chi connectivity index (χ2v) is 7.89. The van der Waals surface area contributed by atoms with Crippen LogP contribution in [0.1, 0.15) is 11.4 Å². The molecule has 0 fully saturated rings. The largest absolute Gasteiger partial charge is 0.309 e. The van der Waals surface area contributed by atoms with Crippen molar-refractivity contribution >= 4 is 49.2 Å². The number of hydrogen-bond donors (Lipinski definition) is 1. The lowest BCUT2D eigenvalue weighted by atomic mass is 10.1. The van der Waals surface area contributed by atoms with Gasteiger partial charge in [-0.15, -0.1) is 10.2 Å². The second-order valence-electron chi connectivity index (χ2n) is 5.94. The molecule has 26 heavy (non-hydrogen) atoms. The molecule has 0 saturated carbocycles. The van der Waals surface area contributed by atoms with E-state index in [0.29, 0.717) is 17.0 Å². The van der Waals surface area contributed by atoms with Crippen molar-refractivity contribution in [2.24, 2.45) is 0 Å². The van der Waals surface area contributed by atoms with Crippen LogP contribution >= 0.6 is 23.1 Å². The summed E-state index contributed by atoms with van der Waals surface area (Å²) in [6, 6.07) is 13.8. The third-order valence-corrected chi connectivity index (χ3v) is 6.19. The molecular weight excluding hydrogens is 366 g/mol. The quantitative estimate of drug-likeness (QED) is 0.483. The highest BCUT2D eigenvalue weighted by molar-refractivity contribution is 7.98. The van der Waals surface area contributed by atoms with Crippen LogP contribution < -0.4 is 5.56 Å². The van der Waals surface area contributed by atoms with E-state index in [9.17, 15) is 4.79 Å². The van der Waals surface area contributed by atoms with Crippen molar-refractivity contribution in [3.63, 3.8) is 0 Å². The molecule has 0 amide bonds. The van der Waals surface area contributed by atoms with E-state index in [1.54, 1.807) is 17.4 Å². The summed E-state index contributed by atoms with van der Waals surface area (Å²) in [6.07, 6.45) is 0. The Morgan fingerprint density at radius 3 is 2.96 bits per heavy atom. The lowest BCUT2D eigenvalue weighted by Gasteiger charge is -2.04. The van der Waals surface area contributed by atoms with E-state index >= 15 is 0 Å².